The van der Waals surface area contributed by atoms with E-state index < -0.39 is 0 Å². The van der Waals surface area contributed by atoms with Crippen molar-refractivity contribution in [2.24, 2.45) is 0 Å². The molecular formula is C18H14Cl2N2O. The molecule has 0 bridgehead atoms. The molecule has 0 saturated heterocycles. The number of nitrogens with zero attached hydrogens (tertiary/aromatic N) is 1. The summed E-state index contributed by atoms with van der Waals surface area (Å²) in [4.78, 5) is 4.37. The van der Waals surface area contributed by atoms with Gasteiger partial charge >= 0.3 is 0 Å². The summed E-state index contributed by atoms with van der Waals surface area (Å²) in [5.41, 5.74) is 3.49. The van der Waals surface area contributed by atoms with E-state index in [1.807, 2.05) is 48.5 Å². The second-order valence-electron chi connectivity index (χ2n) is 4.90. The Morgan fingerprint density at radius 2 is 1.70 bits per heavy atom. The molecule has 1 N–H and O–H groups in total. The van der Waals surface area contributed by atoms with Crippen molar-refractivity contribution in [2.45, 2.75) is 0 Å². The molecule has 0 unspecified atom stereocenters. The van der Waals surface area contributed by atoms with Crippen molar-refractivity contribution < 1.29 is 4.74 Å². The molecule has 23 heavy (non-hydrogen) atoms. The Labute approximate surface area is 144 Å². The highest BCUT2D eigenvalue weighted by Gasteiger charge is 2.06. The zero-order chi connectivity index (χ0) is 16.2. The summed E-state index contributed by atoms with van der Waals surface area (Å²) >= 11 is 12.3. The summed E-state index contributed by atoms with van der Waals surface area (Å²) in [6, 6.07) is 19.1. The van der Waals surface area contributed by atoms with Crippen LogP contribution in [-0.2, 0) is 0 Å². The highest BCUT2D eigenvalue weighted by atomic mass is 35.5. The maximum atomic E-state index is 6.15. The van der Waals surface area contributed by atoms with E-state index in [0.29, 0.717) is 15.9 Å². The molecule has 0 spiro atoms. The van der Waals surface area contributed by atoms with E-state index in [9.17, 15) is 0 Å². The van der Waals surface area contributed by atoms with Crippen molar-refractivity contribution in [1.82, 2.24) is 4.98 Å². The predicted molar refractivity (Wildman–Crippen MR) is 96.0 cm³/mol. The van der Waals surface area contributed by atoms with Crippen LogP contribution >= 0.6 is 23.2 Å². The van der Waals surface area contributed by atoms with Gasteiger partial charge in [-0.15, -0.1) is 0 Å². The van der Waals surface area contributed by atoms with Crippen LogP contribution < -0.4 is 10.1 Å². The van der Waals surface area contributed by atoms with Crippen LogP contribution in [0.2, 0.25) is 10.2 Å². The second-order valence-corrected chi connectivity index (χ2v) is 5.70. The Kier molecular flexibility index (Phi) is 4.70. The van der Waals surface area contributed by atoms with Crippen LogP contribution in [0.4, 0.5) is 11.4 Å². The summed E-state index contributed by atoms with van der Waals surface area (Å²) in [7, 11) is 1.59. The maximum Gasteiger partial charge on any atom is 0.137 e. The topological polar surface area (TPSA) is 34.1 Å². The van der Waals surface area contributed by atoms with E-state index in [1.54, 1.807) is 19.2 Å². The van der Waals surface area contributed by atoms with Gasteiger partial charge in [0, 0.05) is 16.9 Å². The molecule has 0 atom stereocenters. The maximum absolute atomic E-state index is 6.15. The van der Waals surface area contributed by atoms with Gasteiger partial charge in [-0.1, -0.05) is 53.5 Å². The third-order valence-electron chi connectivity index (χ3n) is 3.30. The van der Waals surface area contributed by atoms with Crippen LogP contribution in [0.5, 0.6) is 5.75 Å². The molecule has 0 saturated carbocycles. The van der Waals surface area contributed by atoms with Crippen LogP contribution in [0.1, 0.15) is 0 Å². The Morgan fingerprint density at radius 3 is 2.39 bits per heavy atom. The fourth-order valence-corrected chi connectivity index (χ4v) is 2.70. The van der Waals surface area contributed by atoms with Crippen LogP contribution in [0.15, 0.2) is 60.7 Å². The van der Waals surface area contributed by atoms with Gasteiger partial charge in [-0.05, 0) is 30.3 Å². The number of ether oxygens (including phenoxy) is 1. The first kappa shape index (κ1) is 15.7. The van der Waals surface area contributed by atoms with Crippen molar-refractivity contribution in [3.63, 3.8) is 0 Å². The van der Waals surface area contributed by atoms with Gasteiger partial charge in [0.25, 0.3) is 0 Å². The lowest BCUT2D eigenvalue weighted by Crippen LogP contribution is -1.94. The van der Waals surface area contributed by atoms with Crippen molar-refractivity contribution in [3.8, 4) is 17.0 Å². The van der Waals surface area contributed by atoms with Gasteiger partial charge in [0.15, 0.2) is 0 Å². The lowest BCUT2D eigenvalue weighted by atomic mass is 10.1. The van der Waals surface area contributed by atoms with E-state index in [-0.39, 0.29) is 0 Å². The molecule has 0 aliphatic heterocycles. The Hall–Kier alpha value is -2.23. The lowest BCUT2D eigenvalue weighted by molar-refractivity contribution is 0.415. The Balaban J connectivity index is 1.91. The standard InChI is InChI=1S/C18H14Cl2N2O/c1-23-17-8-7-13(9-15(17)19)21-14-10-16(22-18(20)11-14)12-5-3-2-4-6-12/h2-11H,1H3,(H,21,22). The average molecular weight is 345 g/mol. The van der Waals surface area contributed by atoms with Crippen molar-refractivity contribution in [2.75, 3.05) is 12.4 Å². The summed E-state index contributed by atoms with van der Waals surface area (Å²) in [5, 5.41) is 4.25. The molecule has 1 aromatic heterocycles. The number of nitrogens with one attached hydrogen (secondary N) is 1. The van der Waals surface area contributed by atoms with Gasteiger partial charge in [0.2, 0.25) is 0 Å². The quantitative estimate of drug-likeness (QED) is 0.606. The van der Waals surface area contributed by atoms with Crippen LogP contribution in [0.25, 0.3) is 11.3 Å². The fourth-order valence-electron chi connectivity index (χ4n) is 2.24. The number of rotatable bonds is 4. The molecule has 0 aliphatic carbocycles. The van der Waals surface area contributed by atoms with Crippen molar-refractivity contribution in [1.29, 1.82) is 0 Å². The van der Waals surface area contributed by atoms with Crippen LogP contribution in [0.3, 0.4) is 0 Å². The third kappa shape index (κ3) is 3.76. The molecule has 0 aliphatic rings. The van der Waals surface area contributed by atoms with Gasteiger partial charge < -0.3 is 10.1 Å². The highest BCUT2D eigenvalue weighted by Crippen LogP contribution is 2.30. The normalized spacial score (nSPS) is 10.4. The Morgan fingerprint density at radius 1 is 0.913 bits per heavy atom. The van der Waals surface area contributed by atoms with Gasteiger partial charge in [-0.3, -0.25) is 0 Å². The van der Waals surface area contributed by atoms with Gasteiger partial charge in [-0.25, -0.2) is 4.98 Å². The summed E-state index contributed by atoms with van der Waals surface area (Å²) in [6.45, 7) is 0. The number of benzene rings is 2. The lowest BCUT2D eigenvalue weighted by Gasteiger charge is -2.11. The number of pyridine rings is 1. The molecule has 2 aromatic carbocycles. The van der Waals surface area contributed by atoms with Gasteiger partial charge in [-0.2, -0.15) is 0 Å². The minimum atomic E-state index is 0.425. The smallest absolute Gasteiger partial charge is 0.137 e. The van der Waals surface area contributed by atoms with Crippen LogP contribution in [-0.4, -0.2) is 12.1 Å². The molecule has 5 heteroatoms. The minimum Gasteiger partial charge on any atom is -0.495 e. The third-order valence-corrected chi connectivity index (χ3v) is 3.79. The zero-order valence-electron chi connectivity index (χ0n) is 12.4. The molecule has 0 fully saturated rings. The molecule has 1 heterocycles. The predicted octanol–water partition coefficient (Wildman–Crippen LogP) is 5.81. The number of halogens is 2. The molecule has 0 amide bonds. The second kappa shape index (κ2) is 6.90. The zero-order valence-corrected chi connectivity index (χ0v) is 13.9. The monoisotopic (exact) mass is 344 g/mol. The number of aromatic nitrogens is 1. The SMILES string of the molecule is COc1ccc(Nc2cc(Cl)nc(-c3ccccc3)c2)cc1Cl. The largest absolute Gasteiger partial charge is 0.495 e. The first-order valence-electron chi connectivity index (χ1n) is 6.99. The number of hydrogen-bond donors (Lipinski definition) is 1. The molecular weight excluding hydrogens is 331 g/mol. The van der Waals surface area contributed by atoms with E-state index in [2.05, 4.69) is 10.3 Å². The summed E-state index contributed by atoms with van der Waals surface area (Å²) in [5.74, 6) is 0.634. The van der Waals surface area contributed by atoms with E-state index in [4.69, 9.17) is 27.9 Å². The number of hydrogen-bond acceptors (Lipinski definition) is 3. The fraction of sp³-hybridized carbons (Fsp3) is 0.0556. The Bertz CT molecular complexity index is 823. The molecule has 0 radical (unpaired) electrons. The summed E-state index contributed by atoms with van der Waals surface area (Å²) < 4.78 is 5.16. The van der Waals surface area contributed by atoms with E-state index in [1.165, 1.54) is 0 Å². The number of anilines is 2. The van der Waals surface area contributed by atoms with Crippen molar-refractivity contribution >= 4 is 34.6 Å². The van der Waals surface area contributed by atoms with Crippen LogP contribution in [0, 0.1) is 0 Å². The number of methoxy groups -OCH3 is 1. The van der Waals surface area contributed by atoms with Gasteiger partial charge in [0.1, 0.15) is 10.9 Å². The molecule has 3 rings (SSSR count). The van der Waals surface area contributed by atoms with Crippen molar-refractivity contribution in [3.05, 3.63) is 70.8 Å². The van der Waals surface area contributed by atoms with E-state index >= 15 is 0 Å². The molecule has 3 nitrogen and oxygen atoms in total. The average Bonchev–Trinajstić information content (AvgIpc) is 2.55. The van der Waals surface area contributed by atoms with E-state index in [0.717, 1.165) is 22.6 Å². The molecule has 116 valence electrons. The highest BCUT2D eigenvalue weighted by molar-refractivity contribution is 6.32. The molecule has 3 aromatic rings. The summed E-state index contributed by atoms with van der Waals surface area (Å²) in [6.07, 6.45) is 0. The minimum absolute atomic E-state index is 0.425. The first-order valence-corrected chi connectivity index (χ1v) is 7.75. The van der Waals surface area contributed by atoms with Gasteiger partial charge in [0.05, 0.1) is 17.8 Å². The first-order chi connectivity index (χ1) is 11.2.